The number of hydrogen-bond acceptors (Lipinski definition) is 5. The minimum absolute atomic E-state index is 0.0731. The van der Waals surface area contributed by atoms with Crippen LogP contribution in [0.25, 0.3) is 11.0 Å². The number of nitrogens with one attached hydrogen (secondary N) is 2. The van der Waals surface area contributed by atoms with Crippen LogP contribution in [0, 0.1) is 0 Å². The SMILES string of the molecule is O=C(c1ccco1)N1CCN(CCc2ccc3[nH]c(=O)n(C(=O)NCc4ccccc4)c3c2)CC1. The molecule has 0 spiro atoms. The fourth-order valence-corrected chi connectivity index (χ4v) is 4.38. The lowest BCUT2D eigenvalue weighted by Gasteiger charge is -2.34. The number of H-pyrrole nitrogens is 1. The topological polar surface area (TPSA) is 104 Å². The average molecular weight is 474 g/mol. The molecule has 9 nitrogen and oxygen atoms in total. The quantitative estimate of drug-likeness (QED) is 0.448. The van der Waals surface area contributed by atoms with Gasteiger partial charge in [-0.2, -0.15) is 0 Å². The zero-order chi connectivity index (χ0) is 24.2. The fraction of sp³-hybridized carbons (Fsp3) is 0.269. The highest BCUT2D eigenvalue weighted by Crippen LogP contribution is 2.15. The van der Waals surface area contributed by atoms with Crippen molar-refractivity contribution >= 4 is 23.0 Å². The third kappa shape index (κ3) is 5.04. The second-order valence-corrected chi connectivity index (χ2v) is 8.62. The predicted octanol–water partition coefficient (Wildman–Crippen LogP) is 2.68. The fourth-order valence-electron chi connectivity index (χ4n) is 4.38. The van der Waals surface area contributed by atoms with E-state index in [1.807, 2.05) is 53.4 Å². The Bertz CT molecular complexity index is 1370. The van der Waals surface area contributed by atoms with Gasteiger partial charge in [0.05, 0.1) is 17.3 Å². The van der Waals surface area contributed by atoms with E-state index in [2.05, 4.69) is 15.2 Å². The summed E-state index contributed by atoms with van der Waals surface area (Å²) in [4.78, 5) is 44.6. The molecule has 2 aromatic carbocycles. The maximum absolute atomic E-state index is 12.8. The Balaban J connectivity index is 1.20. The van der Waals surface area contributed by atoms with Crippen molar-refractivity contribution in [2.45, 2.75) is 13.0 Å². The standard InChI is InChI=1S/C26H27N5O4/c32-24(23-7-4-16-35-23)30-14-12-29(13-15-30)11-10-19-8-9-21-22(17-19)31(26(34)28-21)25(33)27-18-20-5-2-1-3-6-20/h1-9,16-17H,10-15,18H2,(H,27,33)(H,28,34). The molecule has 1 saturated heterocycles. The molecule has 5 rings (SSSR count). The van der Waals surface area contributed by atoms with Gasteiger partial charge in [0.25, 0.3) is 5.91 Å². The number of aromatic nitrogens is 2. The van der Waals surface area contributed by atoms with Gasteiger partial charge in [0, 0.05) is 39.3 Å². The van der Waals surface area contributed by atoms with Gasteiger partial charge in [-0.25, -0.2) is 14.2 Å². The zero-order valence-corrected chi connectivity index (χ0v) is 19.3. The van der Waals surface area contributed by atoms with Gasteiger partial charge in [-0.15, -0.1) is 0 Å². The van der Waals surface area contributed by atoms with Crippen LogP contribution in [-0.2, 0) is 13.0 Å². The van der Waals surface area contributed by atoms with E-state index >= 15 is 0 Å². The number of aromatic amines is 1. The summed E-state index contributed by atoms with van der Waals surface area (Å²) in [7, 11) is 0. The molecule has 2 aromatic heterocycles. The number of hydrogen-bond donors (Lipinski definition) is 2. The van der Waals surface area contributed by atoms with E-state index in [4.69, 9.17) is 4.42 Å². The highest BCUT2D eigenvalue weighted by Gasteiger charge is 2.23. The Kier molecular flexibility index (Phi) is 6.49. The molecular weight excluding hydrogens is 446 g/mol. The van der Waals surface area contributed by atoms with Gasteiger partial charge in [0.15, 0.2) is 5.76 Å². The summed E-state index contributed by atoms with van der Waals surface area (Å²) in [6.45, 7) is 4.03. The Morgan fingerprint density at radius 1 is 0.943 bits per heavy atom. The normalized spacial score (nSPS) is 14.3. The molecule has 4 aromatic rings. The summed E-state index contributed by atoms with van der Waals surface area (Å²) in [6, 6.07) is 18.2. The highest BCUT2D eigenvalue weighted by molar-refractivity contribution is 5.91. The lowest BCUT2D eigenvalue weighted by atomic mass is 10.1. The van der Waals surface area contributed by atoms with Crippen molar-refractivity contribution in [3.8, 4) is 0 Å². The van der Waals surface area contributed by atoms with Crippen molar-refractivity contribution in [2.24, 2.45) is 0 Å². The maximum atomic E-state index is 12.8. The van der Waals surface area contributed by atoms with Crippen LogP contribution in [0.3, 0.4) is 0 Å². The number of piperazine rings is 1. The molecule has 180 valence electrons. The van der Waals surface area contributed by atoms with Crippen LogP contribution in [0.2, 0.25) is 0 Å². The number of furan rings is 1. The van der Waals surface area contributed by atoms with Crippen LogP contribution >= 0.6 is 0 Å². The van der Waals surface area contributed by atoms with E-state index in [-0.39, 0.29) is 5.91 Å². The molecule has 9 heteroatoms. The molecule has 1 aliphatic heterocycles. The molecule has 0 bridgehead atoms. The van der Waals surface area contributed by atoms with Gasteiger partial charge in [-0.1, -0.05) is 36.4 Å². The van der Waals surface area contributed by atoms with E-state index < -0.39 is 11.7 Å². The van der Waals surface area contributed by atoms with Crippen LogP contribution < -0.4 is 11.0 Å². The van der Waals surface area contributed by atoms with Crippen molar-refractivity contribution in [1.82, 2.24) is 24.7 Å². The second kappa shape index (κ2) is 10.0. The lowest BCUT2D eigenvalue weighted by Crippen LogP contribution is -2.49. The second-order valence-electron chi connectivity index (χ2n) is 8.62. The average Bonchev–Trinajstić information content (AvgIpc) is 3.54. The number of amides is 2. The largest absolute Gasteiger partial charge is 0.459 e. The third-order valence-corrected chi connectivity index (χ3v) is 6.35. The number of carbonyl (C=O) groups excluding carboxylic acids is 2. The summed E-state index contributed by atoms with van der Waals surface area (Å²) in [5.41, 5.74) is 2.72. The Hall–Kier alpha value is -4.11. The van der Waals surface area contributed by atoms with E-state index in [0.717, 1.165) is 41.7 Å². The first-order valence-electron chi connectivity index (χ1n) is 11.7. The van der Waals surface area contributed by atoms with E-state index in [0.29, 0.717) is 36.4 Å². The maximum Gasteiger partial charge on any atom is 0.334 e. The number of benzene rings is 2. The van der Waals surface area contributed by atoms with E-state index in [1.165, 1.54) is 6.26 Å². The molecule has 35 heavy (non-hydrogen) atoms. The van der Waals surface area contributed by atoms with E-state index in [1.54, 1.807) is 12.1 Å². The van der Waals surface area contributed by atoms with Gasteiger partial charge in [-0.05, 0) is 41.8 Å². The van der Waals surface area contributed by atoms with E-state index in [9.17, 15) is 14.4 Å². The van der Waals surface area contributed by atoms with Crippen molar-refractivity contribution in [1.29, 1.82) is 0 Å². The molecule has 1 aliphatic rings. The first kappa shape index (κ1) is 22.7. The lowest BCUT2D eigenvalue weighted by molar-refractivity contribution is 0.0607. The van der Waals surface area contributed by atoms with Crippen LogP contribution in [-0.4, -0.2) is 64.0 Å². The summed E-state index contributed by atoms with van der Waals surface area (Å²) >= 11 is 0. The summed E-state index contributed by atoms with van der Waals surface area (Å²) in [5, 5.41) is 2.82. The Labute approximate surface area is 201 Å². The summed E-state index contributed by atoms with van der Waals surface area (Å²) in [6.07, 6.45) is 2.28. The number of carbonyl (C=O) groups is 2. The van der Waals surface area contributed by atoms with Crippen molar-refractivity contribution in [3.05, 3.63) is 94.3 Å². The zero-order valence-electron chi connectivity index (χ0n) is 19.3. The highest BCUT2D eigenvalue weighted by atomic mass is 16.3. The number of imidazole rings is 1. The van der Waals surface area contributed by atoms with Crippen LogP contribution in [0.1, 0.15) is 21.7 Å². The molecule has 2 amide bonds. The third-order valence-electron chi connectivity index (χ3n) is 6.35. The molecule has 2 N–H and O–H groups in total. The van der Waals surface area contributed by atoms with Crippen LogP contribution in [0.5, 0.6) is 0 Å². The van der Waals surface area contributed by atoms with Gasteiger partial charge < -0.3 is 19.6 Å². The molecule has 0 atom stereocenters. The summed E-state index contributed by atoms with van der Waals surface area (Å²) in [5.74, 6) is 0.299. The first-order valence-corrected chi connectivity index (χ1v) is 11.7. The Morgan fingerprint density at radius 3 is 2.49 bits per heavy atom. The van der Waals surface area contributed by atoms with Crippen LogP contribution in [0.4, 0.5) is 4.79 Å². The molecule has 0 radical (unpaired) electrons. The molecule has 1 fully saturated rings. The predicted molar refractivity (Wildman–Crippen MR) is 131 cm³/mol. The monoisotopic (exact) mass is 473 g/mol. The van der Waals surface area contributed by atoms with Crippen molar-refractivity contribution < 1.29 is 14.0 Å². The van der Waals surface area contributed by atoms with Gasteiger partial charge in [-0.3, -0.25) is 9.69 Å². The van der Waals surface area contributed by atoms with Crippen LogP contribution in [0.15, 0.2) is 76.1 Å². The number of fused-ring (bicyclic) bond motifs is 1. The molecular formula is C26H27N5O4. The molecule has 0 saturated carbocycles. The number of rotatable bonds is 6. The molecule has 0 aliphatic carbocycles. The molecule has 3 heterocycles. The summed E-state index contributed by atoms with van der Waals surface area (Å²) < 4.78 is 6.38. The first-order chi connectivity index (χ1) is 17.1. The number of nitrogens with zero attached hydrogens (tertiary/aromatic N) is 3. The van der Waals surface area contributed by atoms with Gasteiger partial charge in [0.1, 0.15) is 0 Å². The van der Waals surface area contributed by atoms with Gasteiger partial charge in [0.2, 0.25) is 0 Å². The van der Waals surface area contributed by atoms with Gasteiger partial charge >= 0.3 is 11.7 Å². The minimum atomic E-state index is -0.459. The van der Waals surface area contributed by atoms with Crippen molar-refractivity contribution in [3.63, 3.8) is 0 Å². The minimum Gasteiger partial charge on any atom is -0.459 e. The van der Waals surface area contributed by atoms with Crippen molar-refractivity contribution in [2.75, 3.05) is 32.7 Å². The molecule has 0 unspecified atom stereocenters. The Morgan fingerprint density at radius 2 is 1.74 bits per heavy atom. The smallest absolute Gasteiger partial charge is 0.334 e.